The second-order valence-corrected chi connectivity index (χ2v) is 16.2. The molecule has 52 heavy (non-hydrogen) atoms. The maximum Gasteiger partial charge on any atom is 0.282 e. The number of benzene rings is 2. The number of halogens is 2. The molecule has 3 amide bonds. The summed E-state index contributed by atoms with van der Waals surface area (Å²) in [4.78, 5) is 56.5. The van der Waals surface area contributed by atoms with Gasteiger partial charge < -0.3 is 20.0 Å². The zero-order chi connectivity index (χ0) is 36.7. The number of carbonyl (C=O) groups is 3. The monoisotopic (exact) mass is 775 g/mol. The van der Waals surface area contributed by atoms with Gasteiger partial charge in [0.15, 0.2) is 0 Å². The lowest BCUT2D eigenvalue weighted by atomic mass is 9.71. The summed E-state index contributed by atoms with van der Waals surface area (Å²) < 4.78 is 17.1. The van der Waals surface area contributed by atoms with Crippen LogP contribution in [0.5, 0.6) is 0 Å². The van der Waals surface area contributed by atoms with Crippen LogP contribution < -0.4 is 21.1 Å². The fraction of sp³-hybridized carbons (Fsp3) is 0.513. The summed E-state index contributed by atoms with van der Waals surface area (Å²) in [5, 5.41) is 10.0. The molecule has 0 aliphatic carbocycles. The quantitative estimate of drug-likeness (QED) is 0.339. The third-order valence-corrected chi connectivity index (χ3v) is 12.7. The number of amides is 3. The summed E-state index contributed by atoms with van der Waals surface area (Å²) in [5.74, 6) is -1.42. The molecule has 1 spiro atoms. The Hall–Kier alpha value is -4.10. The standard InChI is InChI=1S/C39H47BrFN7O4/c1-24-18-30(29-8-9-34(49)44-36(29)50)31(41)20-33(24)47-14-10-39(11-15-47)12-16-48(17-13-39)37(51)26-6-4-25(5-7-26)27-19-28(23-45(2)22-27)43-32-21-42-46(3)38(52)35(32)40/h4-7,18,20-21,27-29,43H,8-17,19,22-23H2,1-3H3,(H,44,49,50)/t27-,28+,29?/m0/s1. The van der Waals surface area contributed by atoms with Crippen molar-refractivity contribution in [2.45, 2.75) is 69.7 Å². The Morgan fingerprint density at radius 3 is 2.38 bits per heavy atom. The van der Waals surface area contributed by atoms with Crippen molar-refractivity contribution in [1.29, 1.82) is 0 Å². The van der Waals surface area contributed by atoms with E-state index in [2.05, 4.69) is 60.6 Å². The number of hydrogen-bond acceptors (Lipinski definition) is 8. The Morgan fingerprint density at radius 2 is 1.69 bits per heavy atom. The SMILES string of the molecule is Cc1cc(C2CCC(=O)NC2=O)c(F)cc1N1CCC2(CCN(C(=O)c3ccc([C@H]4C[C@@H](Nc5cnn(C)c(=O)c5Br)CN(C)C4)cc3)CC2)CC1. The minimum absolute atomic E-state index is 0.0735. The Kier molecular flexibility index (Phi) is 10.3. The van der Waals surface area contributed by atoms with Gasteiger partial charge in [-0.15, -0.1) is 0 Å². The number of aromatic nitrogens is 2. The van der Waals surface area contributed by atoms with E-state index in [9.17, 15) is 19.2 Å². The minimum Gasteiger partial charge on any atom is -0.379 e. The Balaban J connectivity index is 0.923. The molecule has 13 heteroatoms. The summed E-state index contributed by atoms with van der Waals surface area (Å²) in [6.45, 7) is 6.80. The summed E-state index contributed by atoms with van der Waals surface area (Å²) in [7, 11) is 3.73. The van der Waals surface area contributed by atoms with Gasteiger partial charge in [-0.1, -0.05) is 18.2 Å². The van der Waals surface area contributed by atoms with Gasteiger partial charge in [0.05, 0.1) is 17.8 Å². The number of likely N-dealkylation sites (N-methyl/N-ethyl adjacent to an activating group) is 1. The molecule has 0 radical (unpaired) electrons. The number of likely N-dealkylation sites (tertiary alicyclic amines) is 2. The number of piperidine rings is 4. The predicted molar refractivity (Wildman–Crippen MR) is 201 cm³/mol. The van der Waals surface area contributed by atoms with E-state index < -0.39 is 17.6 Å². The van der Waals surface area contributed by atoms with E-state index >= 15 is 4.39 Å². The third-order valence-electron chi connectivity index (χ3n) is 11.9. The Bertz CT molecular complexity index is 1920. The van der Waals surface area contributed by atoms with Gasteiger partial charge in [0, 0.05) is 75.6 Å². The summed E-state index contributed by atoms with van der Waals surface area (Å²) in [6.07, 6.45) is 7.00. The largest absolute Gasteiger partial charge is 0.379 e. The molecule has 276 valence electrons. The van der Waals surface area contributed by atoms with Crippen LogP contribution in [0, 0.1) is 18.2 Å². The predicted octanol–water partition coefficient (Wildman–Crippen LogP) is 4.93. The van der Waals surface area contributed by atoms with Gasteiger partial charge in [-0.05, 0) is 109 Å². The normalized spacial score (nSPS) is 23.8. The highest BCUT2D eigenvalue weighted by Crippen LogP contribution is 2.43. The zero-order valence-electron chi connectivity index (χ0n) is 30.1. The lowest BCUT2D eigenvalue weighted by molar-refractivity contribution is -0.134. The first kappa shape index (κ1) is 36.3. The van der Waals surface area contributed by atoms with Crippen LogP contribution >= 0.6 is 15.9 Å². The number of nitrogens with one attached hydrogen (secondary N) is 2. The number of nitrogens with zero attached hydrogens (tertiary/aromatic N) is 5. The van der Waals surface area contributed by atoms with E-state index in [4.69, 9.17) is 0 Å². The minimum atomic E-state index is -0.642. The first-order valence-electron chi connectivity index (χ1n) is 18.3. The van der Waals surface area contributed by atoms with Crippen molar-refractivity contribution in [1.82, 2.24) is 24.9 Å². The number of aryl methyl sites for hydroxylation is 2. The van der Waals surface area contributed by atoms with Crippen molar-refractivity contribution in [3.05, 3.63) is 85.5 Å². The number of carbonyl (C=O) groups excluding carboxylic acids is 3. The van der Waals surface area contributed by atoms with Gasteiger partial charge in [0.25, 0.3) is 11.5 Å². The lowest BCUT2D eigenvalue weighted by Crippen LogP contribution is -2.48. The number of hydrogen-bond donors (Lipinski definition) is 2. The molecule has 4 fully saturated rings. The maximum atomic E-state index is 15.4. The second-order valence-electron chi connectivity index (χ2n) is 15.4. The van der Waals surface area contributed by atoms with Crippen LogP contribution in [0.3, 0.4) is 0 Å². The van der Waals surface area contributed by atoms with E-state index in [0.717, 1.165) is 82.6 Å². The third kappa shape index (κ3) is 7.39. The smallest absolute Gasteiger partial charge is 0.282 e. The molecule has 4 aliphatic rings. The number of rotatable bonds is 6. The molecular formula is C39H47BrFN7O4. The molecule has 11 nitrogen and oxygen atoms in total. The zero-order valence-corrected chi connectivity index (χ0v) is 31.7. The molecule has 3 aromatic rings. The van der Waals surface area contributed by atoms with Crippen molar-refractivity contribution < 1.29 is 18.8 Å². The van der Waals surface area contributed by atoms with Crippen molar-refractivity contribution in [2.24, 2.45) is 12.5 Å². The van der Waals surface area contributed by atoms with Gasteiger partial charge in [-0.2, -0.15) is 5.10 Å². The highest BCUT2D eigenvalue weighted by Gasteiger charge is 2.39. The molecule has 2 aromatic carbocycles. The van der Waals surface area contributed by atoms with Crippen molar-refractivity contribution in [3.8, 4) is 0 Å². The molecule has 1 unspecified atom stereocenters. The van der Waals surface area contributed by atoms with Crippen molar-refractivity contribution in [3.63, 3.8) is 0 Å². The van der Waals surface area contributed by atoms with E-state index in [1.807, 2.05) is 24.0 Å². The summed E-state index contributed by atoms with van der Waals surface area (Å²) in [5.41, 5.74) is 4.75. The van der Waals surface area contributed by atoms with Crippen LogP contribution in [0.2, 0.25) is 0 Å². The van der Waals surface area contributed by atoms with Crippen LogP contribution in [0.25, 0.3) is 0 Å². The average molecular weight is 777 g/mol. The Morgan fingerprint density at radius 1 is 1.00 bits per heavy atom. The lowest BCUT2D eigenvalue weighted by Gasteiger charge is -2.47. The van der Waals surface area contributed by atoms with Gasteiger partial charge in [-0.3, -0.25) is 24.5 Å². The van der Waals surface area contributed by atoms with Gasteiger partial charge in [0.1, 0.15) is 10.3 Å². The first-order chi connectivity index (χ1) is 24.9. The van der Waals surface area contributed by atoms with Crippen molar-refractivity contribution >= 4 is 45.0 Å². The van der Waals surface area contributed by atoms with E-state index in [-0.39, 0.29) is 41.2 Å². The van der Waals surface area contributed by atoms with Crippen LogP contribution in [-0.4, -0.2) is 89.7 Å². The molecule has 3 atom stereocenters. The highest BCUT2D eigenvalue weighted by molar-refractivity contribution is 9.10. The van der Waals surface area contributed by atoms with Crippen LogP contribution in [0.4, 0.5) is 15.8 Å². The van der Waals surface area contributed by atoms with Crippen LogP contribution in [0.15, 0.2) is 51.9 Å². The van der Waals surface area contributed by atoms with E-state index in [1.54, 1.807) is 25.4 Å². The molecule has 0 bridgehead atoms. The van der Waals surface area contributed by atoms with Gasteiger partial charge in [-0.25, -0.2) is 9.07 Å². The van der Waals surface area contributed by atoms with Crippen molar-refractivity contribution in [2.75, 3.05) is 56.5 Å². The molecule has 2 N–H and O–H groups in total. The first-order valence-corrected chi connectivity index (χ1v) is 19.1. The fourth-order valence-electron chi connectivity index (χ4n) is 8.77. The highest BCUT2D eigenvalue weighted by atomic mass is 79.9. The molecule has 4 saturated heterocycles. The van der Waals surface area contributed by atoms with E-state index in [1.165, 1.54) is 10.2 Å². The number of imide groups is 1. The molecule has 1 aromatic heterocycles. The average Bonchev–Trinajstić information content (AvgIpc) is 3.13. The fourth-order valence-corrected chi connectivity index (χ4v) is 9.25. The maximum absolute atomic E-state index is 15.4. The van der Waals surface area contributed by atoms with Gasteiger partial charge >= 0.3 is 0 Å². The molecule has 7 rings (SSSR count). The van der Waals surface area contributed by atoms with Crippen LogP contribution in [-0.2, 0) is 16.6 Å². The molecule has 4 aliphatic heterocycles. The second kappa shape index (κ2) is 14.7. The number of anilines is 2. The Labute approximate surface area is 312 Å². The molecular weight excluding hydrogens is 729 g/mol. The molecule has 5 heterocycles. The topological polar surface area (TPSA) is 120 Å². The van der Waals surface area contributed by atoms with Gasteiger partial charge in [0.2, 0.25) is 11.8 Å². The van der Waals surface area contributed by atoms with Crippen LogP contribution in [0.1, 0.15) is 83.8 Å². The summed E-state index contributed by atoms with van der Waals surface area (Å²) in [6, 6.07) is 11.6. The molecule has 0 saturated carbocycles. The van der Waals surface area contributed by atoms with E-state index in [0.29, 0.717) is 27.7 Å². The summed E-state index contributed by atoms with van der Waals surface area (Å²) >= 11 is 3.42.